The van der Waals surface area contributed by atoms with Gasteiger partial charge in [-0.15, -0.1) is 10.2 Å². The Hall–Kier alpha value is -3.07. The third-order valence-corrected chi connectivity index (χ3v) is 5.88. The Labute approximate surface area is 176 Å². The number of aromatic nitrogens is 4. The molecule has 0 N–H and O–H groups in total. The maximum atomic E-state index is 13.1. The van der Waals surface area contributed by atoms with E-state index >= 15 is 0 Å². The first-order chi connectivity index (χ1) is 14.7. The number of methoxy groups -OCH3 is 1. The molecule has 0 saturated heterocycles. The van der Waals surface area contributed by atoms with Crippen LogP contribution in [0.25, 0.3) is 16.7 Å². The zero-order valence-electron chi connectivity index (χ0n) is 16.8. The predicted octanol–water partition coefficient (Wildman–Crippen LogP) is 3.91. The van der Waals surface area contributed by atoms with Crippen molar-refractivity contribution in [1.29, 1.82) is 0 Å². The smallest absolute Gasteiger partial charge is 0.341 e. The van der Waals surface area contributed by atoms with Crippen LogP contribution in [0.15, 0.2) is 51.0 Å². The van der Waals surface area contributed by atoms with Crippen LogP contribution in [0.2, 0.25) is 0 Å². The summed E-state index contributed by atoms with van der Waals surface area (Å²) in [5, 5.41) is 9.89. The number of para-hydroxylation sites is 1. The standard InChI is InChI=1S/C21H22N4O4S/c1-3-4-7-11-24-18(26)14-8-5-6-9-16(14)25-20(24)22-23-21(25)30-13-17-15(10-12-29-17)19(27)28-2/h5-6,8-10,12H,3-4,7,11,13H2,1-2H3. The van der Waals surface area contributed by atoms with E-state index in [1.54, 1.807) is 10.6 Å². The van der Waals surface area contributed by atoms with Gasteiger partial charge < -0.3 is 9.15 Å². The molecule has 4 aromatic rings. The second kappa shape index (κ2) is 8.74. The van der Waals surface area contributed by atoms with Crippen LogP contribution in [-0.4, -0.2) is 32.2 Å². The molecule has 0 aliphatic heterocycles. The maximum Gasteiger partial charge on any atom is 0.341 e. The minimum Gasteiger partial charge on any atom is -0.468 e. The van der Waals surface area contributed by atoms with E-state index in [9.17, 15) is 9.59 Å². The Morgan fingerprint density at radius 2 is 2.03 bits per heavy atom. The Morgan fingerprint density at radius 3 is 2.83 bits per heavy atom. The molecule has 9 heteroatoms. The fourth-order valence-electron chi connectivity index (χ4n) is 3.42. The van der Waals surface area contributed by atoms with Crippen LogP contribution in [-0.2, 0) is 17.0 Å². The van der Waals surface area contributed by atoms with E-state index in [2.05, 4.69) is 17.1 Å². The normalized spacial score (nSPS) is 11.4. The van der Waals surface area contributed by atoms with Crippen molar-refractivity contribution < 1.29 is 13.9 Å². The van der Waals surface area contributed by atoms with E-state index in [1.165, 1.54) is 25.1 Å². The Morgan fingerprint density at radius 1 is 1.20 bits per heavy atom. The van der Waals surface area contributed by atoms with Crippen LogP contribution < -0.4 is 5.56 Å². The fourth-order valence-corrected chi connectivity index (χ4v) is 4.31. The zero-order valence-corrected chi connectivity index (χ0v) is 17.6. The number of rotatable bonds is 8. The molecule has 8 nitrogen and oxygen atoms in total. The molecular weight excluding hydrogens is 404 g/mol. The minimum absolute atomic E-state index is 0.0582. The fraction of sp³-hybridized carbons (Fsp3) is 0.333. The summed E-state index contributed by atoms with van der Waals surface area (Å²) in [5.41, 5.74) is 1.08. The number of hydrogen-bond acceptors (Lipinski definition) is 7. The summed E-state index contributed by atoms with van der Waals surface area (Å²) in [6, 6.07) is 9.04. The SMILES string of the molecule is CCCCCn1c(=O)c2ccccc2n2c(SCc3occc3C(=O)OC)nnc12. The van der Waals surface area contributed by atoms with Gasteiger partial charge in [-0.3, -0.25) is 13.8 Å². The summed E-state index contributed by atoms with van der Waals surface area (Å²) in [6.07, 6.45) is 4.47. The number of unbranched alkanes of at least 4 members (excludes halogenated alkanes) is 2. The third-order valence-electron chi connectivity index (χ3n) is 4.95. The number of benzene rings is 1. The Balaban J connectivity index is 1.76. The molecule has 0 aliphatic rings. The Bertz CT molecular complexity index is 1260. The minimum atomic E-state index is -0.444. The molecule has 0 spiro atoms. The van der Waals surface area contributed by atoms with Crippen molar-refractivity contribution in [2.75, 3.05) is 7.11 Å². The zero-order chi connectivity index (χ0) is 21.1. The molecule has 3 aromatic heterocycles. The van der Waals surface area contributed by atoms with Crippen molar-refractivity contribution in [3.05, 3.63) is 58.3 Å². The molecule has 0 bridgehead atoms. The van der Waals surface area contributed by atoms with Gasteiger partial charge in [0.15, 0.2) is 5.16 Å². The summed E-state index contributed by atoms with van der Waals surface area (Å²) < 4.78 is 13.8. The van der Waals surface area contributed by atoms with Crippen LogP contribution in [0.4, 0.5) is 0 Å². The molecule has 0 unspecified atom stereocenters. The molecule has 4 rings (SSSR count). The van der Waals surface area contributed by atoms with E-state index in [0.29, 0.717) is 39.9 Å². The first kappa shape index (κ1) is 20.2. The van der Waals surface area contributed by atoms with Crippen LogP contribution in [0.1, 0.15) is 42.3 Å². The molecule has 3 heterocycles. The topological polar surface area (TPSA) is 91.6 Å². The van der Waals surface area contributed by atoms with Gasteiger partial charge in [-0.05, 0) is 24.6 Å². The van der Waals surface area contributed by atoms with Crippen molar-refractivity contribution in [2.24, 2.45) is 0 Å². The van der Waals surface area contributed by atoms with Crippen LogP contribution in [0.3, 0.4) is 0 Å². The lowest BCUT2D eigenvalue weighted by Gasteiger charge is -2.11. The molecule has 0 aliphatic carbocycles. The molecule has 30 heavy (non-hydrogen) atoms. The van der Waals surface area contributed by atoms with Gasteiger partial charge in [0, 0.05) is 6.54 Å². The highest BCUT2D eigenvalue weighted by atomic mass is 32.2. The van der Waals surface area contributed by atoms with E-state index in [0.717, 1.165) is 24.8 Å². The van der Waals surface area contributed by atoms with Crippen molar-refractivity contribution in [3.63, 3.8) is 0 Å². The molecular formula is C21H22N4O4S. The number of furan rings is 1. The molecule has 0 amide bonds. The number of aryl methyl sites for hydroxylation is 1. The van der Waals surface area contributed by atoms with E-state index in [-0.39, 0.29) is 5.56 Å². The van der Waals surface area contributed by atoms with E-state index in [4.69, 9.17) is 9.15 Å². The van der Waals surface area contributed by atoms with Crippen molar-refractivity contribution >= 4 is 34.4 Å². The monoisotopic (exact) mass is 426 g/mol. The predicted molar refractivity (Wildman–Crippen MR) is 114 cm³/mol. The van der Waals surface area contributed by atoms with Crippen LogP contribution >= 0.6 is 11.8 Å². The van der Waals surface area contributed by atoms with Gasteiger partial charge in [0.1, 0.15) is 11.3 Å². The van der Waals surface area contributed by atoms with Gasteiger partial charge in [-0.1, -0.05) is 43.7 Å². The number of carbonyl (C=O) groups is 1. The summed E-state index contributed by atoms with van der Waals surface area (Å²) in [4.78, 5) is 24.9. The Kier molecular flexibility index (Phi) is 5.89. The lowest BCUT2D eigenvalue weighted by molar-refractivity contribution is 0.0598. The number of hydrogen-bond donors (Lipinski definition) is 0. The van der Waals surface area contributed by atoms with Crippen molar-refractivity contribution in [3.8, 4) is 0 Å². The first-order valence-corrected chi connectivity index (χ1v) is 10.8. The largest absolute Gasteiger partial charge is 0.468 e. The van der Waals surface area contributed by atoms with E-state index in [1.807, 2.05) is 28.7 Å². The lowest BCUT2D eigenvalue weighted by atomic mass is 10.2. The van der Waals surface area contributed by atoms with Gasteiger partial charge in [-0.2, -0.15) is 0 Å². The summed E-state index contributed by atoms with van der Waals surface area (Å²) in [6.45, 7) is 2.72. The second-order valence-electron chi connectivity index (χ2n) is 6.84. The third kappa shape index (κ3) is 3.60. The van der Waals surface area contributed by atoms with Gasteiger partial charge in [0.2, 0.25) is 5.78 Å². The number of ether oxygens (including phenoxy) is 1. The molecule has 0 fully saturated rings. The summed E-state index contributed by atoms with van der Waals surface area (Å²) in [7, 11) is 1.34. The average Bonchev–Trinajstić information content (AvgIpc) is 3.41. The summed E-state index contributed by atoms with van der Waals surface area (Å²) >= 11 is 1.39. The second-order valence-corrected chi connectivity index (χ2v) is 7.78. The van der Waals surface area contributed by atoms with E-state index < -0.39 is 5.97 Å². The highest BCUT2D eigenvalue weighted by Crippen LogP contribution is 2.26. The molecule has 156 valence electrons. The van der Waals surface area contributed by atoms with Crippen LogP contribution in [0, 0.1) is 0 Å². The molecule has 0 atom stereocenters. The number of esters is 1. The van der Waals surface area contributed by atoms with Gasteiger partial charge >= 0.3 is 5.97 Å². The maximum absolute atomic E-state index is 13.1. The molecule has 0 saturated carbocycles. The average molecular weight is 426 g/mol. The lowest BCUT2D eigenvalue weighted by Crippen LogP contribution is -2.23. The number of thioether (sulfide) groups is 1. The van der Waals surface area contributed by atoms with Crippen molar-refractivity contribution in [1.82, 2.24) is 19.2 Å². The van der Waals surface area contributed by atoms with Crippen molar-refractivity contribution in [2.45, 2.75) is 43.6 Å². The first-order valence-electron chi connectivity index (χ1n) is 9.79. The van der Waals surface area contributed by atoms with Crippen LogP contribution in [0.5, 0.6) is 0 Å². The number of carbonyl (C=O) groups excluding carboxylic acids is 1. The number of fused-ring (bicyclic) bond motifs is 3. The number of nitrogens with zero attached hydrogens (tertiary/aromatic N) is 4. The molecule has 0 radical (unpaired) electrons. The quantitative estimate of drug-likeness (QED) is 0.240. The highest BCUT2D eigenvalue weighted by molar-refractivity contribution is 7.98. The highest BCUT2D eigenvalue weighted by Gasteiger charge is 2.19. The van der Waals surface area contributed by atoms with Gasteiger partial charge in [-0.25, -0.2) is 4.79 Å². The van der Waals surface area contributed by atoms with Gasteiger partial charge in [0.05, 0.1) is 30.0 Å². The summed E-state index contributed by atoms with van der Waals surface area (Å²) in [5.74, 6) is 0.955. The van der Waals surface area contributed by atoms with Gasteiger partial charge in [0.25, 0.3) is 5.56 Å². The molecule has 1 aromatic carbocycles.